The average molecular weight is 222 g/mol. The Balaban J connectivity index is 2.02. The topological polar surface area (TPSA) is 83.2 Å². The highest BCUT2D eigenvalue weighted by atomic mass is 16.3. The Kier molecular flexibility index (Phi) is 3.58. The number of rotatable bonds is 4. The summed E-state index contributed by atoms with van der Waals surface area (Å²) < 4.78 is 0. The largest absolute Gasteiger partial charge is 0.396 e. The van der Waals surface area contributed by atoms with Gasteiger partial charge in [-0.3, -0.25) is 0 Å². The summed E-state index contributed by atoms with van der Waals surface area (Å²) in [4.78, 5) is 4.29. The zero-order chi connectivity index (χ0) is 11.4. The van der Waals surface area contributed by atoms with E-state index in [9.17, 15) is 5.11 Å². The molecule has 2 atom stereocenters. The van der Waals surface area contributed by atoms with Crippen LogP contribution in [0.5, 0.6) is 0 Å². The summed E-state index contributed by atoms with van der Waals surface area (Å²) in [6.45, 7) is 0.243. The number of nitrogens with one attached hydrogen (secondary N) is 2. The molecule has 1 aliphatic rings. The SMILES string of the molecule is NNc1cccc(NC2CCCC2CO)n1. The van der Waals surface area contributed by atoms with Gasteiger partial charge in [0.05, 0.1) is 0 Å². The predicted octanol–water partition coefficient (Wildman–Crippen LogP) is 0.940. The summed E-state index contributed by atoms with van der Waals surface area (Å²) >= 11 is 0. The van der Waals surface area contributed by atoms with E-state index in [2.05, 4.69) is 15.7 Å². The number of aliphatic hydroxyl groups is 1. The summed E-state index contributed by atoms with van der Waals surface area (Å²) in [6, 6.07) is 5.94. The van der Waals surface area contributed by atoms with Crippen LogP contribution in [0.2, 0.25) is 0 Å². The maximum atomic E-state index is 9.22. The first-order valence-corrected chi connectivity index (χ1v) is 5.64. The van der Waals surface area contributed by atoms with Crippen LogP contribution in [0.25, 0.3) is 0 Å². The quantitative estimate of drug-likeness (QED) is 0.450. The first kappa shape index (κ1) is 11.2. The molecule has 2 unspecified atom stereocenters. The van der Waals surface area contributed by atoms with Crippen molar-refractivity contribution in [2.75, 3.05) is 17.3 Å². The lowest BCUT2D eigenvalue weighted by molar-refractivity contribution is 0.222. The molecule has 0 spiro atoms. The van der Waals surface area contributed by atoms with Crippen molar-refractivity contribution in [1.82, 2.24) is 4.98 Å². The van der Waals surface area contributed by atoms with Crippen molar-refractivity contribution < 1.29 is 5.11 Å². The van der Waals surface area contributed by atoms with Crippen LogP contribution in [0.1, 0.15) is 19.3 Å². The molecule has 1 saturated carbocycles. The van der Waals surface area contributed by atoms with Gasteiger partial charge in [-0.25, -0.2) is 10.8 Å². The Morgan fingerprint density at radius 2 is 2.19 bits per heavy atom. The van der Waals surface area contributed by atoms with Gasteiger partial charge in [0.15, 0.2) is 0 Å². The highest BCUT2D eigenvalue weighted by Crippen LogP contribution is 2.27. The van der Waals surface area contributed by atoms with Gasteiger partial charge < -0.3 is 15.8 Å². The molecule has 0 radical (unpaired) electrons. The van der Waals surface area contributed by atoms with Gasteiger partial charge in [-0.1, -0.05) is 12.5 Å². The van der Waals surface area contributed by atoms with Crippen molar-refractivity contribution in [2.24, 2.45) is 11.8 Å². The van der Waals surface area contributed by atoms with Crippen LogP contribution >= 0.6 is 0 Å². The molecule has 0 amide bonds. The lowest BCUT2D eigenvalue weighted by atomic mass is 10.1. The number of aliphatic hydroxyl groups excluding tert-OH is 1. The van der Waals surface area contributed by atoms with Crippen LogP contribution in [0, 0.1) is 5.92 Å². The maximum Gasteiger partial charge on any atom is 0.142 e. The van der Waals surface area contributed by atoms with Crippen molar-refractivity contribution in [3.63, 3.8) is 0 Å². The fraction of sp³-hybridized carbons (Fsp3) is 0.545. The van der Waals surface area contributed by atoms with Gasteiger partial charge in [-0.2, -0.15) is 0 Å². The number of nitrogens with zero attached hydrogens (tertiary/aromatic N) is 1. The number of pyridine rings is 1. The number of anilines is 2. The van der Waals surface area contributed by atoms with E-state index in [-0.39, 0.29) is 6.61 Å². The zero-order valence-electron chi connectivity index (χ0n) is 9.19. The minimum Gasteiger partial charge on any atom is -0.396 e. The van der Waals surface area contributed by atoms with Crippen LogP contribution < -0.4 is 16.6 Å². The van der Waals surface area contributed by atoms with Gasteiger partial charge >= 0.3 is 0 Å². The van der Waals surface area contributed by atoms with Crippen LogP contribution in [-0.4, -0.2) is 22.7 Å². The predicted molar refractivity (Wildman–Crippen MR) is 63.9 cm³/mol. The Morgan fingerprint density at radius 3 is 2.94 bits per heavy atom. The second-order valence-electron chi connectivity index (χ2n) is 4.18. The minimum atomic E-state index is 0.243. The third-order valence-electron chi connectivity index (χ3n) is 3.12. The van der Waals surface area contributed by atoms with E-state index in [1.54, 1.807) is 0 Å². The molecule has 5 heteroatoms. The number of hydrogen-bond acceptors (Lipinski definition) is 5. The minimum absolute atomic E-state index is 0.243. The molecule has 5 nitrogen and oxygen atoms in total. The lowest BCUT2D eigenvalue weighted by Gasteiger charge is -2.19. The Morgan fingerprint density at radius 1 is 1.38 bits per heavy atom. The number of hydrazine groups is 1. The van der Waals surface area contributed by atoms with E-state index in [1.165, 1.54) is 0 Å². The van der Waals surface area contributed by atoms with Crippen molar-refractivity contribution in [3.8, 4) is 0 Å². The average Bonchev–Trinajstić information content (AvgIpc) is 2.76. The van der Waals surface area contributed by atoms with Gasteiger partial charge in [-0.05, 0) is 25.0 Å². The van der Waals surface area contributed by atoms with Gasteiger partial charge in [0, 0.05) is 18.6 Å². The van der Waals surface area contributed by atoms with Crippen molar-refractivity contribution in [1.29, 1.82) is 0 Å². The summed E-state index contributed by atoms with van der Waals surface area (Å²) in [5, 5.41) is 12.6. The molecule has 5 N–H and O–H groups in total. The molecule has 1 aromatic heterocycles. The highest BCUT2D eigenvalue weighted by Gasteiger charge is 2.26. The van der Waals surface area contributed by atoms with Crippen LogP contribution in [0.15, 0.2) is 18.2 Å². The first-order valence-electron chi connectivity index (χ1n) is 5.64. The fourth-order valence-electron chi connectivity index (χ4n) is 2.23. The van der Waals surface area contributed by atoms with E-state index in [0.717, 1.165) is 25.1 Å². The van der Waals surface area contributed by atoms with Crippen molar-refractivity contribution in [2.45, 2.75) is 25.3 Å². The zero-order valence-corrected chi connectivity index (χ0v) is 9.19. The summed E-state index contributed by atoms with van der Waals surface area (Å²) in [7, 11) is 0. The number of nitrogens with two attached hydrogens (primary N) is 1. The molecule has 1 fully saturated rings. The van der Waals surface area contributed by atoms with E-state index >= 15 is 0 Å². The summed E-state index contributed by atoms with van der Waals surface area (Å²) in [5.41, 5.74) is 2.52. The molecule has 0 bridgehead atoms. The summed E-state index contributed by atoms with van der Waals surface area (Å²) in [6.07, 6.45) is 3.34. The number of aromatic nitrogens is 1. The molecular formula is C11H18N4O. The maximum absolute atomic E-state index is 9.22. The van der Waals surface area contributed by atoms with Crippen LogP contribution in [-0.2, 0) is 0 Å². The number of hydrogen-bond donors (Lipinski definition) is 4. The highest BCUT2D eigenvalue weighted by molar-refractivity contribution is 5.45. The van der Waals surface area contributed by atoms with Crippen molar-refractivity contribution >= 4 is 11.6 Å². The van der Waals surface area contributed by atoms with Gasteiger partial charge in [-0.15, -0.1) is 0 Å². The normalized spacial score (nSPS) is 24.4. The van der Waals surface area contributed by atoms with Crippen LogP contribution in [0.4, 0.5) is 11.6 Å². The van der Waals surface area contributed by atoms with E-state index in [1.807, 2.05) is 18.2 Å². The number of nitrogen functional groups attached to an aromatic ring is 1. The van der Waals surface area contributed by atoms with E-state index in [0.29, 0.717) is 17.8 Å². The standard InChI is InChI=1S/C11H18N4O/c12-15-11-6-2-5-10(14-11)13-9-4-1-3-8(9)7-16/h2,5-6,8-9,16H,1,3-4,7,12H2,(H2,13,14,15). The van der Waals surface area contributed by atoms with Gasteiger partial charge in [0.2, 0.25) is 0 Å². The Labute approximate surface area is 95.0 Å². The third-order valence-corrected chi connectivity index (χ3v) is 3.12. The molecule has 0 aliphatic heterocycles. The van der Waals surface area contributed by atoms with E-state index < -0.39 is 0 Å². The van der Waals surface area contributed by atoms with E-state index in [4.69, 9.17) is 5.84 Å². The molecule has 0 aromatic carbocycles. The molecular weight excluding hydrogens is 204 g/mol. The molecule has 1 aliphatic carbocycles. The smallest absolute Gasteiger partial charge is 0.142 e. The molecule has 1 heterocycles. The second kappa shape index (κ2) is 5.14. The summed E-state index contributed by atoms with van der Waals surface area (Å²) in [5.74, 6) is 7.09. The molecule has 16 heavy (non-hydrogen) atoms. The van der Waals surface area contributed by atoms with Gasteiger partial charge in [0.1, 0.15) is 11.6 Å². The molecule has 2 rings (SSSR count). The fourth-order valence-corrected chi connectivity index (χ4v) is 2.23. The Bertz CT molecular complexity index is 345. The molecule has 1 aromatic rings. The first-order chi connectivity index (χ1) is 7.83. The lowest BCUT2D eigenvalue weighted by Crippen LogP contribution is -2.26. The van der Waals surface area contributed by atoms with Crippen molar-refractivity contribution in [3.05, 3.63) is 18.2 Å². The monoisotopic (exact) mass is 222 g/mol. The second-order valence-corrected chi connectivity index (χ2v) is 4.18. The van der Waals surface area contributed by atoms with Gasteiger partial charge in [0.25, 0.3) is 0 Å². The molecule has 88 valence electrons. The Hall–Kier alpha value is -1.33. The third kappa shape index (κ3) is 2.43. The van der Waals surface area contributed by atoms with Crippen LogP contribution in [0.3, 0.4) is 0 Å². The molecule has 0 saturated heterocycles.